The van der Waals surface area contributed by atoms with Gasteiger partial charge in [-0.25, -0.2) is 13.9 Å². The summed E-state index contributed by atoms with van der Waals surface area (Å²) in [5, 5.41) is 4.66. The highest BCUT2D eigenvalue weighted by atomic mass is 19.1. The van der Waals surface area contributed by atoms with E-state index in [1.807, 2.05) is 17.9 Å². The van der Waals surface area contributed by atoms with Gasteiger partial charge >= 0.3 is 0 Å². The SMILES string of the molecule is CC(C)c1cc(-c2ccc(F)cc2)nn2cc(C(=O)N3CCN(C(=O)CC4CCOC4)[C@@H](C)C3)nc12. The topological polar surface area (TPSA) is 80.0 Å². The molecule has 2 aromatic heterocycles. The molecule has 36 heavy (non-hydrogen) atoms. The minimum atomic E-state index is -0.303. The van der Waals surface area contributed by atoms with Crippen molar-refractivity contribution in [3.05, 3.63) is 53.6 Å². The van der Waals surface area contributed by atoms with Crippen molar-refractivity contribution >= 4 is 17.5 Å². The van der Waals surface area contributed by atoms with Crippen molar-refractivity contribution in [2.45, 2.75) is 45.6 Å². The number of imidazole rings is 1. The summed E-state index contributed by atoms with van der Waals surface area (Å²) in [5.41, 5.74) is 3.41. The zero-order valence-electron chi connectivity index (χ0n) is 21.0. The van der Waals surface area contributed by atoms with Crippen LogP contribution in [0, 0.1) is 11.7 Å². The van der Waals surface area contributed by atoms with Crippen LogP contribution in [0.3, 0.4) is 0 Å². The van der Waals surface area contributed by atoms with Gasteiger partial charge in [0.1, 0.15) is 11.5 Å². The summed E-state index contributed by atoms with van der Waals surface area (Å²) in [6.07, 6.45) is 3.10. The number of piperazine rings is 1. The second kappa shape index (κ2) is 9.97. The lowest BCUT2D eigenvalue weighted by Crippen LogP contribution is -2.55. The second-order valence-corrected chi connectivity index (χ2v) is 10.2. The molecule has 2 aliphatic heterocycles. The third-order valence-electron chi connectivity index (χ3n) is 7.16. The number of amides is 2. The predicted molar refractivity (Wildman–Crippen MR) is 133 cm³/mol. The van der Waals surface area contributed by atoms with E-state index in [9.17, 15) is 14.0 Å². The molecule has 2 saturated heterocycles. The average Bonchev–Trinajstić information content (AvgIpc) is 3.53. The number of fused-ring (bicyclic) bond motifs is 1. The van der Waals surface area contributed by atoms with Crippen LogP contribution in [0.15, 0.2) is 36.5 Å². The monoisotopic (exact) mass is 493 g/mol. The smallest absolute Gasteiger partial charge is 0.274 e. The Morgan fingerprint density at radius 3 is 2.64 bits per heavy atom. The van der Waals surface area contributed by atoms with E-state index in [0.29, 0.717) is 55.6 Å². The number of aromatic nitrogens is 3. The van der Waals surface area contributed by atoms with Crippen LogP contribution >= 0.6 is 0 Å². The van der Waals surface area contributed by atoms with Gasteiger partial charge < -0.3 is 14.5 Å². The fourth-order valence-electron chi connectivity index (χ4n) is 5.07. The Hall–Kier alpha value is -3.33. The minimum Gasteiger partial charge on any atom is -0.381 e. The van der Waals surface area contributed by atoms with Crippen molar-refractivity contribution in [2.24, 2.45) is 5.92 Å². The van der Waals surface area contributed by atoms with Gasteiger partial charge in [-0.3, -0.25) is 9.59 Å². The fraction of sp³-hybridized carbons (Fsp3) is 0.481. The van der Waals surface area contributed by atoms with Gasteiger partial charge in [-0.05, 0) is 55.5 Å². The molecule has 0 N–H and O–H groups in total. The van der Waals surface area contributed by atoms with Crippen LogP contribution in [0.4, 0.5) is 4.39 Å². The van der Waals surface area contributed by atoms with E-state index in [1.165, 1.54) is 12.1 Å². The van der Waals surface area contributed by atoms with Gasteiger partial charge in [0.25, 0.3) is 5.91 Å². The first-order valence-electron chi connectivity index (χ1n) is 12.6. The largest absolute Gasteiger partial charge is 0.381 e. The minimum absolute atomic E-state index is 0.0658. The average molecular weight is 494 g/mol. The van der Waals surface area contributed by atoms with Gasteiger partial charge in [0.05, 0.1) is 11.9 Å². The molecule has 0 radical (unpaired) electrons. The van der Waals surface area contributed by atoms with Crippen molar-refractivity contribution in [2.75, 3.05) is 32.8 Å². The Kier molecular flexibility index (Phi) is 6.75. The van der Waals surface area contributed by atoms with Crippen molar-refractivity contribution < 1.29 is 18.7 Å². The second-order valence-electron chi connectivity index (χ2n) is 10.2. The van der Waals surface area contributed by atoms with E-state index in [4.69, 9.17) is 4.74 Å². The first kappa shape index (κ1) is 24.4. The van der Waals surface area contributed by atoms with E-state index in [-0.39, 0.29) is 29.6 Å². The van der Waals surface area contributed by atoms with Crippen molar-refractivity contribution in [3.8, 4) is 11.3 Å². The highest BCUT2D eigenvalue weighted by Crippen LogP contribution is 2.27. The van der Waals surface area contributed by atoms with Crippen molar-refractivity contribution in [3.63, 3.8) is 0 Å². The maximum atomic E-state index is 13.4. The van der Waals surface area contributed by atoms with Crippen LogP contribution in [0.1, 0.15) is 55.6 Å². The number of benzene rings is 1. The highest BCUT2D eigenvalue weighted by molar-refractivity contribution is 5.93. The first-order valence-corrected chi connectivity index (χ1v) is 12.6. The Morgan fingerprint density at radius 2 is 1.97 bits per heavy atom. The van der Waals surface area contributed by atoms with Gasteiger partial charge in [-0.2, -0.15) is 5.10 Å². The zero-order valence-corrected chi connectivity index (χ0v) is 21.0. The van der Waals surface area contributed by atoms with Crippen LogP contribution in [0.5, 0.6) is 0 Å². The molecule has 5 rings (SSSR count). The number of rotatable bonds is 5. The molecule has 2 fully saturated rings. The number of hydrogen-bond acceptors (Lipinski definition) is 5. The first-order chi connectivity index (χ1) is 17.3. The Labute approximate surface area is 210 Å². The number of hydrogen-bond donors (Lipinski definition) is 0. The van der Waals surface area contributed by atoms with E-state index in [2.05, 4.69) is 23.9 Å². The molecule has 2 aliphatic rings. The molecule has 0 saturated carbocycles. The number of carbonyl (C=O) groups is 2. The van der Waals surface area contributed by atoms with Gasteiger partial charge in [-0.1, -0.05) is 13.8 Å². The van der Waals surface area contributed by atoms with Crippen LogP contribution in [0.2, 0.25) is 0 Å². The maximum absolute atomic E-state index is 13.4. The Morgan fingerprint density at radius 1 is 1.19 bits per heavy atom. The van der Waals surface area contributed by atoms with Crippen LogP contribution < -0.4 is 0 Å². The van der Waals surface area contributed by atoms with E-state index < -0.39 is 0 Å². The molecule has 0 bridgehead atoms. The summed E-state index contributed by atoms with van der Waals surface area (Å²) >= 11 is 0. The van der Waals surface area contributed by atoms with Crippen molar-refractivity contribution in [1.29, 1.82) is 0 Å². The summed E-state index contributed by atoms with van der Waals surface area (Å²) in [4.78, 5) is 34.5. The summed E-state index contributed by atoms with van der Waals surface area (Å²) < 4.78 is 20.5. The van der Waals surface area contributed by atoms with Crippen LogP contribution in [0.25, 0.3) is 16.9 Å². The lowest BCUT2D eigenvalue weighted by molar-refractivity contribution is -0.136. The van der Waals surface area contributed by atoms with E-state index in [1.54, 1.807) is 27.7 Å². The molecule has 8 nitrogen and oxygen atoms in total. The van der Waals surface area contributed by atoms with E-state index in [0.717, 1.165) is 24.2 Å². The molecule has 3 aromatic rings. The molecule has 1 unspecified atom stereocenters. The quantitative estimate of drug-likeness (QED) is 0.541. The van der Waals surface area contributed by atoms with Crippen LogP contribution in [-0.2, 0) is 9.53 Å². The molecule has 0 spiro atoms. The highest BCUT2D eigenvalue weighted by Gasteiger charge is 2.32. The summed E-state index contributed by atoms with van der Waals surface area (Å²) in [6.45, 7) is 8.94. The summed E-state index contributed by atoms with van der Waals surface area (Å²) in [6, 6.07) is 8.09. The molecule has 2 amide bonds. The zero-order chi connectivity index (χ0) is 25.4. The van der Waals surface area contributed by atoms with Gasteiger partial charge in [-0.15, -0.1) is 0 Å². The Bertz CT molecular complexity index is 1270. The third kappa shape index (κ3) is 4.84. The standard InChI is InChI=1S/C27H32FN5O3/c1-17(2)22-13-23(20-4-6-21(28)7-5-20)30-33-15-24(29-26(22)33)27(35)31-9-10-32(18(3)14-31)25(34)12-19-8-11-36-16-19/h4-7,13,15,17-19H,8-12,14,16H2,1-3H3/t18-,19?/m0/s1. The van der Waals surface area contributed by atoms with E-state index >= 15 is 0 Å². The lowest BCUT2D eigenvalue weighted by atomic mass is 10.0. The number of halogens is 1. The molecule has 4 heterocycles. The number of carbonyl (C=O) groups excluding carboxylic acids is 2. The molecule has 2 atom stereocenters. The van der Waals surface area contributed by atoms with Gasteiger partial charge in [0.2, 0.25) is 5.91 Å². The number of nitrogens with zero attached hydrogens (tertiary/aromatic N) is 5. The maximum Gasteiger partial charge on any atom is 0.274 e. The normalized spacial score (nSPS) is 20.5. The lowest BCUT2D eigenvalue weighted by Gasteiger charge is -2.40. The fourth-order valence-corrected chi connectivity index (χ4v) is 5.07. The molecule has 190 valence electrons. The molecular formula is C27H32FN5O3. The van der Waals surface area contributed by atoms with Gasteiger partial charge in [0.15, 0.2) is 5.65 Å². The molecule has 0 aliphatic carbocycles. The summed E-state index contributed by atoms with van der Waals surface area (Å²) in [5.74, 6) is 0.117. The third-order valence-corrected chi connectivity index (χ3v) is 7.16. The van der Waals surface area contributed by atoms with Crippen LogP contribution in [-0.4, -0.2) is 75.1 Å². The molecule has 1 aromatic carbocycles. The number of ether oxygens (including phenoxy) is 1. The van der Waals surface area contributed by atoms with Crippen molar-refractivity contribution in [1.82, 2.24) is 24.4 Å². The molecule has 9 heteroatoms. The predicted octanol–water partition coefficient (Wildman–Crippen LogP) is 3.76. The molecular weight excluding hydrogens is 461 g/mol. The summed E-state index contributed by atoms with van der Waals surface area (Å²) in [7, 11) is 0. The van der Waals surface area contributed by atoms with Gasteiger partial charge in [0, 0.05) is 56.4 Å². The Balaban J connectivity index is 1.35.